The second kappa shape index (κ2) is 8.33. The van der Waals surface area contributed by atoms with Crippen LogP contribution in [0.5, 0.6) is 0 Å². The Morgan fingerprint density at radius 1 is 1.20 bits per heavy atom. The fraction of sp³-hybridized carbons (Fsp3) is 0.667. The van der Waals surface area contributed by atoms with E-state index in [0.717, 1.165) is 52.2 Å². The molecule has 25 heavy (non-hydrogen) atoms. The average Bonchev–Trinajstić information content (AvgIpc) is 2.66. The van der Waals surface area contributed by atoms with Crippen molar-refractivity contribution in [1.82, 2.24) is 9.80 Å². The molecule has 0 unspecified atom stereocenters. The number of hydrogen-bond acceptors (Lipinski definition) is 3. The lowest BCUT2D eigenvalue weighted by atomic mass is 9.67. The van der Waals surface area contributed by atoms with E-state index in [1.165, 1.54) is 18.4 Å². The van der Waals surface area contributed by atoms with E-state index in [-0.39, 0.29) is 5.92 Å². The molecule has 0 saturated carbocycles. The Hall–Kier alpha value is -1.39. The highest BCUT2D eigenvalue weighted by atomic mass is 16.5. The molecule has 0 radical (unpaired) electrons. The molecule has 0 bridgehead atoms. The van der Waals surface area contributed by atoms with Crippen LogP contribution in [0.4, 0.5) is 0 Å². The molecule has 1 spiro atoms. The molecule has 1 aromatic carbocycles. The molecule has 2 saturated heterocycles. The van der Waals surface area contributed by atoms with Gasteiger partial charge in [0.05, 0.1) is 5.92 Å². The average molecular weight is 344 g/mol. The Morgan fingerprint density at radius 3 is 2.56 bits per heavy atom. The molecule has 1 atom stereocenters. The summed E-state index contributed by atoms with van der Waals surface area (Å²) >= 11 is 0. The largest absolute Gasteiger partial charge is 0.385 e. The highest BCUT2D eigenvalue weighted by molar-refractivity contribution is 5.84. The number of benzene rings is 1. The van der Waals surface area contributed by atoms with Crippen LogP contribution in [0.15, 0.2) is 30.3 Å². The minimum absolute atomic E-state index is 0.0370. The maximum Gasteiger partial charge on any atom is 0.230 e. The molecule has 2 heterocycles. The first-order valence-electron chi connectivity index (χ1n) is 9.72. The number of likely N-dealkylation sites (N-methyl/N-ethyl adjacent to an activating group) is 1. The lowest BCUT2D eigenvalue weighted by Gasteiger charge is -2.50. The minimum atomic E-state index is 0.0370. The fourth-order valence-corrected chi connectivity index (χ4v) is 4.55. The van der Waals surface area contributed by atoms with Gasteiger partial charge in [-0.15, -0.1) is 0 Å². The molecule has 2 fully saturated rings. The predicted octanol–water partition coefficient (Wildman–Crippen LogP) is 3.14. The molecule has 2 aliphatic heterocycles. The molecule has 138 valence electrons. The van der Waals surface area contributed by atoms with Gasteiger partial charge < -0.3 is 14.5 Å². The van der Waals surface area contributed by atoms with E-state index in [9.17, 15) is 4.79 Å². The molecule has 1 amide bonds. The highest BCUT2D eigenvalue weighted by Crippen LogP contribution is 2.45. The van der Waals surface area contributed by atoms with E-state index in [0.29, 0.717) is 11.3 Å². The minimum Gasteiger partial charge on any atom is -0.385 e. The Morgan fingerprint density at radius 2 is 1.92 bits per heavy atom. The van der Waals surface area contributed by atoms with Crippen LogP contribution in [0.3, 0.4) is 0 Å². The lowest BCUT2D eigenvalue weighted by Crippen LogP contribution is -2.54. The van der Waals surface area contributed by atoms with Crippen molar-refractivity contribution in [2.24, 2.45) is 5.41 Å². The summed E-state index contributed by atoms with van der Waals surface area (Å²) in [5, 5.41) is 0. The Balaban J connectivity index is 1.68. The van der Waals surface area contributed by atoms with Gasteiger partial charge in [-0.3, -0.25) is 4.79 Å². The number of methoxy groups -OCH3 is 1. The molecule has 0 aromatic heterocycles. The summed E-state index contributed by atoms with van der Waals surface area (Å²) in [6.07, 6.45) is 4.52. The first-order chi connectivity index (χ1) is 12.2. The molecule has 0 N–H and O–H groups in total. The van der Waals surface area contributed by atoms with Crippen LogP contribution in [0, 0.1) is 5.41 Å². The third-order valence-corrected chi connectivity index (χ3v) is 6.10. The SMILES string of the molecule is CCN1CC2(CCN(CCCOC)CC2)C[C@H](c2ccccc2)C1=O. The summed E-state index contributed by atoms with van der Waals surface area (Å²) in [6, 6.07) is 10.4. The molecule has 1 aromatic rings. The fourth-order valence-electron chi connectivity index (χ4n) is 4.55. The van der Waals surface area contributed by atoms with E-state index >= 15 is 0 Å². The summed E-state index contributed by atoms with van der Waals surface area (Å²) in [5.74, 6) is 0.358. The molecule has 4 nitrogen and oxygen atoms in total. The van der Waals surface area contributed by atoms with Crippen molar-refractivity contribution in [3.63, 3.8) is 0 Å². The molecular formula is C21H32N2O2. The van der Waals surface area contributed by atoms with Crippen LogP contribution in [-0.4, -0.2) is 62.1 Å². The van der Waals surface area contributed by atoms with Gasteiger partial charge in [0, 0.05) is 33.4 Å². The number of ether oxygens (including phenoxy) is 1. The zero-order chi connectivity index (χ0) is 17.7. The van der Waals surface area contributed by atoms with Gasteiger partial charge >= 0.3 is 0 Å². The number of likely N-dealkylation sites (tertiary alicyclic amines) is 2. The topological polar surface area (TPSA) is 32.8 Å². The standard InChI is InChI=1S/C21H32N2O2/c1-3-23-17-21(10-13-22(14-11-21)12-7-15-25-2)16-19(20(23)24)18-8-5-4-6-9-18/h4-6,8-9,19H,3,7,10-17H2,1-2H3/t19-/m1/s1. The lowest BCUT2D eigenvalue weighted by molar-refractivity contribution is -0.141. The molecule has 4 heteroatoms. The zero-order valence-corrected chi connectivity index (χ0v) is 15.7. The highest BCUT2D eigenvalue weighted by Gasteiger charge is 2.45. The normalized spacial score (nSPS) is 24.0. The zero-order valence-electron chi connectivity index (χ0n) is 15.7. The van der Waals surface area contributed by atoms with Crippen molar-refractivity contribution in [3.05, 3.63) is 35.9 Å². The van der Waals surface area contributed by atoms with Crippen molar-refractivity contribution in [3.8, 4) is 0 Å². The number of carbonyl (C=O) groups is 1. The van der Waals surface area contributed by atoms with Gasteiger partial charge in [0.2, 0.25) is 5.91 Å². The van der Waals surface area contributed by atoms with E-state index in [2.05, 4.69) is 41.0 Å². The van der Waals surface area contributed by atoms with Crippen LogP contribution >= 0.6 is 0 Å². The van der Waals surface area contributed by atoms with Crippen molar-refractivity contribution in [1.29, 1.82) is 0 Å². The number of piperidine rings is 2. The summed E-state index contributed by atoms with van der Waals surface area (Å²) in [7, 11) is 1.77. The molecule has 3 rings (SSSR count). The summed E-state index contributed by atoms with van der Waals surface area (Å²) in [4.78, 5) is 17.6. The van der Waals surface area contributed by atoms with Crippen molar-refractivity contribution in [2.45, 2.75) is 38.5 Å². The number of nitrogens with zero attached hydrogens (tertiary/aromatic N) is 2. The Bertz CT molecular complexity index is 552. The van der Waals surface area contributed by atoms with E-state index in [1.807, 2.05) is 6.07 Å². The van der Waals surface area contributed by atoms with Gasteiger partial charge in [-0.2, -0.15) is 0 Å². The second-order valence-electron chi connectivity index (χ2n) is 7.71. The number of rotatable bonds is 6. The Kier molecular flexibility index (Phi) is 6.13. The second-order valence-corrected chi connectivity index (χ2v) is 7.71. The first kappa shape index (κ1) is 18.4. The van der Waals surface area contributed by atoms with Gasteiger partial charge in [-0.05, 0) is 56.7 Å². The van der Waals surface area contributed by atoms with E-state index < -0.39 is 0 Å². The number of carbonyl (C=O) groups excluding carboxylic acids is 1. The summed E-state index contributed by atoms with van der Waals surface area (Å²) < 4.78 is 5.18. The number of amides is 1. The van der Waals surface area contributed by atoms with E-state index in [1.54, 1.807) is 7.11 Å². The van der Waals surface area contributed by atoms with Gasteiger partial charge in [0.25, 0.3) is 0 Å². The van der Waals surface area contributed by atoms with Gasteiger partial charge in [0.1, 0.15) is 0 Å². The van der Waals surface area contributed by atoms with Crippen LogP contribution < -0.4 is 0 Å². The maximum absolute atomic E-state index is 12.9. The maximum atomic E-state index is 12.9. The van der Waals surface area contributed by atoms with Gasteiger partial charge in [-0.25, -0.2) is 0 Å². The van der Waals surface area contributed by atoms with E-state index in [4.69, 9.17) is 4.74 Å². The molecular weight excluding hydrogens is 312 g/mol. The van der Waals surface area contributed by atoms with Crippen molar-refractivity contribution >= 4 is 5.91 Å². The van der Waals surface area contributed by atoms with Crippen molar-refractivity contribution < 1.29 is 9.53 Å². The monoisotopic (exact) mass is 344 g/mol. The molecule has 0 aliphatic carbocycles. The van der Waals surface area contributed by atoms with Gasteiger partial charge in [0.15, 0.2) is 0 Å². The molecule has 2 aliphatic rings. The predicted molar refractivity (Wildman–Crippen MR) is 101 cm³/mol. The van der Waals surface area contributed by atoms with Crippen molar-refractivity contribution in [2.75, 3.05) is 46.4 Å². The summed E-state index contributed by atoms with van der Waals surface area (Å²) in [5.41, 5.74) is 1.48. The van der Waals surface area contributed by atoms with Gasteiger partial charge in [-0.1, -0.05) is 30.3 Å². The van der Waals surface area contributed by atoms with Crippen LogP contribution in [0.25, 0.3) is 0 Å². The van der Waals surface area contributed by atoms with Crippen LogP contribution in [0.2, 0.25) is 0 Å². The smallest absolute Gasteiger partial charge is 0.230 e. The quantitative estimate of drug-likeness (QED) is 0.743. The van der Waals surface area contributed by atoms with Crippen LogP contribution in [0.1, 0.15) is 44.1 Å². The number of hydrogen-bond donors (Lipinski definition) is 0. The third-order valence-electron chi connectivity index (χ3n) is 6.10. The summed E-state index contributed by atoms with van der Waals surface area (Å²) in [6.45, 7) is 8.14. The van der Waals surface area contributed by atoms with Crippen LogP contribution in [-0.2, 0) is 9.53 Å². The third kappa shape index (κ3) is 4.24. The first-order valence-corrected chi connectivity index (χ1v) is 9.72. The Labute approximate surface area is 152 Å².